The van der Waals surface area contributed by atoms with Crippen LogP contribution in [0.2, 0.25) is 0 Å². The number of nitrogens with one attached hydrogen (secondary N) is 1. The predicted octanol–water partition coefficient (Wildman–Crippen LogP) is 2.48. The van der Waals surface area contributed by atoms with E-state index in [4.69, 9.17) is 5.73 Å². The molecule has 0 bridgehead atoms. The lowest BCUT2D eigenvalue weighted by atomic mass is 9.84. The van der Waals surface area contributed by atoms with Gasteiger partial charge in [-0.3, -0.25) is 4.79 Å². The standard InChI is InChI=1S/C14H26N2O.ClH/c1-11(2)14(7-8-14)10-16-12(17)13(9-15)5-3-4-6-13;/h11H,3-10,15H2,1-2H3,(H,16,17);1H. The minimum Gasteiger partial charge on any atom is -0.355 e. The first-order chi connectivity index (χ1) is 8.05. The Labute approximate surface area is 117 Å². The Morgan fingerprint density at radius 2 is 1.78 bits per heavy atom. The lowest BCUT2D eigenvalue weighted by molar-refractivity contribution is -0.130. The Kier molecular flexibility index (Phi) is 5.07. The molecule has 2 aliphatic carbocycles. The highest BCUT2D eigenvalue weighted by Crippen LogP contribution is 2.51. The summed E-state index contributed by atoms with van der Waals surface area (Å²) < 4.78 is 0. The Hall–Kier alpha value is -0.280. The van der Waals surface area contributed by atoms with Gasteiger partial charge in [-0.05, 0) is 37.0 Å². The molecule has 0 aromatic rings. The Balaban J connectivity index is 0.00000162. The van der Waals surface area contributed by atoms with Crippen molar-refractivity contribution in [2.75, 3.05) is 13.1 Å². The zero-order valence-corrected chi connectivity index (χ0v) is 12.4. The van der Waals surface area contributed by atoms with E-state index < -0.39 is 0 Å². The molecule has 0 aromatic heterocycles. The van der Waals surface area contributed by atoms with Crippen molar-refractivity contribution in [2.24, 2.45) is 22.5 Å². The number of halogens is 1. The fourth-order valence-electron chi connectivity index (χ4n) is 3.14. The average Bonchev–Trinajstić information content (AvgIpc) is 2.96. The second-order valence-corrected chi connectivity index (χ2v) is 6.39. The molecule has 0 unspecified atom stereocenters. The molecule has 2 aliphatic rings. The van der Waals surface area contributed by atoms with Crippen molar-refractivity contribution in [1.29, 1.82) is 0 Å². The van der Waals surface area contributed by atoms with Crippen molar-refractivity contribution in [3.05, 3.63) is 0 Å². The minimum atomic E-state index is -0.243. The van der Waals surface area contributed by atoms with E-state index in [1.165, 1.54) is 12.8 Å². The second-order valence-electron chi connectivity index (χ2n) is 6.39. The first-order valence-corrected chi connectivity index (χ1v) is 7.03. The number of hydrogen-bond donors (Lipinski definition) is 2. The molecule has 0 heterocycles. The highest BCUT2D eigenvalue weighted by Gasteiger charge is 2.47. The number of rotatable bonds is 5. The molecule has 0 saturated heterocycles. The van der Waals surface area contributed by atoms with Crippen LogP contribution >= 0.6 is 12.4 Å². The predicted molar refractivity (Wildman–Crippen MR) is 76.7 cm³/mol. The normalized spacial score (nSPS) is 23.6. The van der Waals surface area contributed by atoms with Crippen LogP contribution < -0.4 is 11.1 Å². The summed E-state index contributed by atoms with van der Waals surface area (Å²) in [5.74, 6) is 0.879. The maximum atomic E-state index is 12.3. The summed E-state index contributed by atoms with van der Waals surface area (Å²) in [4.78, 5) is 12.3. The van der Waals surface area contributed by atoms with Crippen LogP contribution in [0.25, 0.3) is 0 Å². The van der Waals surface area contributed by atoms with Crippen molar-refractivity contribution in [1.82, 2.24) is 5.32 Å². The largest absolute Gasteiger partial charge is 0.355 e. The van der Waals surface area contributed by atoms with Crippen LogP contribution in [0.4, 0.5) is 0 Å². The minimum absolute atomic E-state index is 0. The molecule has 0 aromatic carbocycles. The van der Waals surface area contributed by atoms with Gasteiger partial charge in [0.1, 0.15) is 0 Å². The number of nitrogens with two attached hydrogens (primary N) is 1. The molecule has 1 amide bonds. The molecule has 106 valence electrons. The number of amides is 1. The molecule has 4 heteroatoms. The van der Waals surface area contributed by atoms with E-state index in [0.29, 0.717) is 17.9 Å². The molecule has 0 radical (unpaired) electrons. The fourth-order valence-corrected chi connectivity index (χ4v) is 3.14. The maximum absolute atomic E-state index is 12.3. The van der Waals surface area contributed by atoms with Gasteiger partial charge >= 0.3 is 0 Å². The zero-order chi connectivity index (χ0) is 12.5. The summed E-state index contributed by atoms with van der Waals surface area (Å²) in [6, 6.07) is 0. The van der Waals surface area contributed by atoms with Gasteiger partial charge in [0.15, 0.2) is 0 Å². The molecule has 2 fully saturated rings. The van der Waals surface area contributed by atoms with E-state index in [1.807, 2.05) is 0 Å². The van der Waals surface area contributed by atoms with Crippen molar-refractivity contribution < 1.29 is 4.79 Å². The summed E-state index contributed by atoms with van der Waals surface area (Å²) in [7, 11) is 0. The quantitative estimate of drug-likeness (QED) is 0.809. The molecular weight excluding hydrogens is 248 g/mol. The summed E-state index contributed by atoms with van der Waals surface area (Å²) in [5.41, 5.74) is 5.97. The highest BCUT2D eigenvalue weighted by atomic mass is 35.5. The lowest BCUT2D eigenvalue weighted by Gasteiger charge is -2.28. The summed E-state index contributed by atoms with van der Waals surface area (Å²) in [6.45, 7) is 5.87. The van der Waals surface area contributed by atoms with E-state index in [-0.39, 0.29) is 23.7 Å². The lowest BCUT2D eigenvalue weighted by Crippen LogP contribution is -2.46. The third kappa shape index (κ3) is 2.83. The average molecular weight is 275 g/mol. The van der Waals surface area contributed by atoms with Gasteiger partial charge in [0.05, 0.1) is 5.41 Å². The van der Waals surface area contributed by atoms with E-state index in [2.05, 4.69) is 19.2 Å². The molecule has 18 heavy (non-hydrogen) atoms. The number of carbonyl (C=O) groups excluding carboxylic acids is 1. The Morgan fingerprint density at radius 1 is 1.22 bits per heavy atom. The molecular formula is C14H27ClN2O. The summed E-state index contributed by atoms with van der Waals surface area (Å²) >= 11 is 0. The number of hydrogen-bond acceptors (Lipinski definition) is 2. The van der Waals surface area contributed by atoms with Gasteiger partial charge in [-0.2, -0.15) is 0 Å². The maximum Gasteiger partial charge on any atom is 0.227 e. The SMILES string of the molecule is CC(C)C1(CNC(=O)C2(CN)CCCC2)CC1.Cl. The van der Waals surface area contributed by atoms with Gasteiger partial charge in [0.2, 0.25) is 5.91 Å². The zero-order valence-electron chi connectivity index (χ0n) is 11.6. The number of carbonyl (C=O) groups is 1. The highest BCUT2D eigenvalue weighted by molar-refractivity contribution is 5.85. The molecule has 0 aliphatic heterocycles. The van der Waals surface area contributed by atoms with Gasteiger partial charge in [0.25, 0.3) is 0 Å². The van der Waals surface area contributed by atoms with Crippen LogP contribution in [-0.2, 0) is 4.79 Å². The van der Waals surface area contributed by atoms with E-state index in [1.54, 1.807) is 0 Å². The fraction of sp³-hybridized carbons (Fsp3) is 0.929. The molecule has 2 saturated carbocycles. The van der Waals surface area contributed by atoms with Crippen LogP contribution in [0.5, 0.6) is 0 Å². The van der Waals surface area contributed by atoms with Crippen LogP contribution in [0.3, 0.4) is 0 Å². The van der Waals surface area contributed by atoms with Gasteiger partial charge in [0, 0.05) is 13.1 Å². The Morgan fingerprint density at radius 3 is 2.17 bits per heavy atom. The van der Waals surface area contributed by atoms with Gasteiger partial charge in [-0.1, -0.05) is 26.7 Å². The first kappa shape index (κ1) is 15.8. The van der Waals surface area contributed by atoms with Crippen molar-refractivity contribution >= 4 is 18.3 Å². The van der Waals surface area contributed by atoms with Gasteiger partial charge in [-0.25, -0.2) is 0 Å². The third-order valence-electron chi connectivity index (χ3n) is 5.15. The molecule has 3 N–H and O–H groups in total. The smallest absolute Gasteiger partial charge is 0.227 e. The van der Waals surface area contributed by atoms with Gasteiger partial charge in [-0.15, -0.1) is 12.4 Å². The van der Waals surface area contributed by atoms with Crippen molar-refractivity contribution in [2.45, 2.75) is 52.4 Å². The molecule has 0 atom stereocenters. The van der Waals surface area contributed by atoms with Crippen LogP contribution in [0, 0.1) is 16.7 Å². The van der Waals surface area contributed by atoms with Crippen LogP contribution in [0.1, 0.15) is 52.4 Å². The first-order valence-electron chi connectivity index (χ1n) is 7.03. The Bertz CT molecular complexity index is 294. The van der Waals surface area contributed by atoms with Crippen LogP contribution in [0.15, 0.2) is 0 Å². The third-order valence-corrected chi connectivity index (χ3v) is 5.15. The molecule has 3 nitrogen and oxygen atoms in total. The molecule has 0 spiro atoms. The monoisotopic (exact) mass is 274 g/mol. The van der Waals surface area contributed by atoms with Crippen molar-refractivity contribution in [3.8, 4) is 0 Å². The summed E-state index contributed by atoms with van der Waals surface area (Å²) in [5, 5.41) is 3.18. The van der Waals surface area contributed by atoms with Crippen LogP contribution in [-0.4, -0.2) is 19.0 Å². The van der Waals surface area contributed by atoms with Crippen molar-refractivity contribution in [3.63, 3.8) is 0 Å². The van der Waals surface area contributed by atoms with E-state index in [0.717, 1.165) is 32.2 Å². The second kappa shape index (κ2) is 5.79. The topological polar surface area (TPSA) is 55.1 Å². The molecule has 2 rings (SSSR count). The summed E-state index contributed by atoms with van der Waals surface area (Å²) in [6.07, 6.45) is 6.79. The van der Waals surface area contributed by atoms with Gasteiger partial charge < -0.3 is 11.1 Å². The van der Waals surface area contributed by atoms with E-state index in [9.17, 15) is 4.79 Å². The van der Waals surface area contributed by atoms with E-state index >= 15 is 0 Å².